The summed E-state index contributed by atoms with van der Waals surface area (Å²) in [5, 5.41) is 3.04. The summed E-state index contributed by atoms with van der Waals surface area (Å²) < 4.78 is 5.96. The third kappa shape index (κ3) is 6.61. The van der Waals surface area contributed by atoms with E-state index in [4.69, 9.17) is 4.74 Å². The first-order chi connectivity index (χ1) is 14.8. The minimum absolute atomic E-state index is 0.118. The Balaban J connectivity index is 1.69. The maximum absolute atomic E-state index is 13.1. The molecule has 0 fully saturated rings. The topological polar surface area (TPSA) is 41.6 Å². The molecule has 0 aliphatic rings. The molecule has 1 N–H and O–H groups in total. The Morgan fingerprint density at radius 1 is 0.871 bits per heavy atom. The Hall–Kier alpha value is -3.27. The Kier molecular flexibility index (Phi) is 7.35. The molecule has 4 nitrogen and oxygen atoms in total. The molecule has 0 saturated carbocycles. The van der Waals surface area contributed by atoms with Gasteiger partial charge in [-0.15, -0.1) is 0 Å². The van der Waals surface area contributed by atoms with Crippen molar-refractivity contribution < 1.29 is 9.53 Å². The number of hydrogen-bond donors (Lipinski definition) is 1. The zero-order valence-corrected chi connectivity index (χ0v) is 18.9. The molecule has 0 unspecified atom stereocenters. The molecule has 4 heteroatoms. The summed E-state index contributed by atoms with van der Waals surface area (Å²) in [5.41, 5.74) is 3.86. The summed E-state index contributed by atoms with van der Waals surface area (Å²) >= 11 is 0. The summed E-state index contributed by atoms with van der Waals surface area (Å²) in [5.74, 6) is 0.797. The third-order valence-corrected chi connectivity index (χ3v) is 5.16. The molecular weight excluding hydrogens is 384 g/mol. The molecule has 0 spiro atoms. The quantitative estimate of drug-likeness (QED) is 0.468. The molecular formula is C27H32N2O2. The van der Waals surface area contributed by atoms with Gasteiger partial charge in [0.05, 0.1) is 0 Å². The predicted octanol–water partition coefficient (Wildman–Crippen LogP) is 6.66. The minimum atomic E-state index is -0.339. The van der Waals surface area contributed by atoms with Gasteiger partial charge in [-0.1, -0.05) is 61.5 Å². The molecule has 3 aromatic rings. The number of carbonyl (C=O) groups is 1. The number of urea groups is 1. The smallest absolute Gasteiger partial charge is 0.322 e. The zero-order valence-electron chi connectivity index (χ0n) is 18.9. The molecule has 0 aromatic heterocycles. The second kappa shape index (κ2) is 10.2. The van der Waals surface area contributed by atoms with E-state index in [-0.39, 0.29) is 11.6 Å². The summed E-state index contributed by atoms with van der Waals surface area (Å²) in [6.45, 7) is 9.26. The first-order valence-electron chi connectivity index (χ1n) is 10.8. The molecule has 0 atom stereocenters. The molecule has 0 radical (unpaired) electrons. The van der Waals surface area contributed by atoms with Crippen molar-refractivity contribution in [1.29, 1.82) is 0 Å². The number of anilines is 1. The van der Waals surface area contributed by atoms with Crippen molar-refractivity contribution in [3.05, 3.63) is 95.6 Å². The van der Waals surface area contributed by atoms with Crippen molar-refractivity contribution in [3.63, 3.8) is 0 Å². The number of hydrogen-bond acceptors (Lipinski definition) is 2. The van der Waals surface area contributed by atoms with Crippen LogP contribution in [0.5, 0.6) is 5.75 Å². The van der Waals surface area contributed by atoms with E-state index in [0.717, 1.165) is 29.0 Å². The van der Waals surface area contributed by atoms with Crippen molar-refractivity contribution in [1.82, 2.24) is 4.90 Å². The predicted molar refractivity (Wildman–Crippen MR) is 127 cm³/mol. The molecule has 0 aliphatic heterocycles. The average molecular weight is 417 g/mol. The van der Waals surface area contributed by atoms with E-state index in [0.29, 0.717) is 13.2 Å². The summed E-state index contributed by atoms with van der Waals surface area (Å²) in [6.07, 6.45) is 0.977. The fraction of sp³-hybridized carbons (Fsp3) is 0.296. The van der Waals surface area contributed by atoms with Crippen molar-refractivity contribution >= 4 is 11.7 Å². The van der Waals surface area contributed by atoms with Gasteiger partial charge in [0, 0.05) is 17.8 Å². The van der Waals surface area contributed by atoms with Crippen LogP contribution < -0.4 is 10.1 Å². The molecule has 162 valence electrons. The number of ether oxygens (including phenoxy) is 1. The number of carbonyl (C=O) groups excluding carboxylic acids is 1. The second-order valence-corrected chi connectivity index (χ2v) is 8.66. The van der Waals surface area contributed by atoms with Gasteiger partial charge in [0.2, 0.25) is 0 Å². The molecule has 3 aromatic carbocycles. The highest BCUT2D eigenvalue weighted by Crippen LogP contribution is 2.22. The summed E-state index contributed by atoms with van der Waals surface area (Å²) in [4.78, 5) is 14.9. The molecule has 3 rings (SSSR count). The van der Waals surface area contributed by atoms with Crippen LogP contribution in [0.15, 0.2) is 78.9 Å². The van der Waals surface area contributed by atoms with Crippen LogP contribution in [0.4, 0.5) is 10.5 Å². The highest BCUT2D eigenvalue weighted by Gasteiger charge is 2.26. The normalized spacial score (nSPS) is 11.1. The van der Waals surface area contributed by atoms with Crippen molar-refractivity contribution in [2.24, 2.45) is 0 Å². The number of amides is 2. The number of nitrogens with zero attached hydrogens (tertiary/aromatic N) is 1. The highest BCUT2D eigenvalue weighted by atomic mass is 16.5. The molecule has 2 amide bonds. The fourth-order valence-corrected chi connectivity index (χ4v) is 3.29. The number of rotatable bonds is 7. The Bertz CT molecular complexity index is 976. The van der Waals surface area contributed by atoms with Crippen molar-refractivity contribution in [3.8, 4) is 5.75 Å². The van der Waals surface area contributed by atoms with Gasteiger partial charge in [-0.3, -0.25) is 0 Å². The van der Waals surface area contributed by atoms with Gasteiger partial charge in [0.25, 0.3) is 0 Å². The third-order valence-electron chi connectivity index (χ3n) is 5.16. The highest BCUT2D eigenvalue weighted by molar-refractivity contribution is 5.89. The lowest BCUT2D eigenvalue weighted by Gasteiger charge is -2.36. The van der Waals surface area contributed by atoms with Gasteiger partial charge in [-0.05, 0) is 68.1 Å². The lowest BCUT2D eigenvalue weighted by Crippen LogP contribution is -2.47. The van der Waals surface area contributed by atoms with Crippen LogP contribution in [-0.4, -0.2) is 16.5 Å². The lowest BCUT2D eigenvalue weighted by atomic mass is 10.0. The van der Waals surface area contributed by atoms with Gasteiger partial charge in [0.15, 0.2) is 0 Å². The van der Waals surface area contributed by atoms with E-state index in [1.54, 1.807) is 0 Å². The lowest BCUT2D eigenvalue weighted by molar-refractivity contribution is 0.151. The van der Waals surface area contributed by atoms with Crippen molar-refractivity contribution in [2.45, 2.75) is 52.8 Å². The van der Waals surface area contributed by atoms with E-state index in [9.17, 15) is 4.79 Å². The van der Waals surface area contributed by atoms with Crippen LogP contribution in [0.25, 0.3) is 0 Å². The molecule has 0 saturated heterocycles. The van der Waals surface area contributed by atoms with Crippen LogP contribution in [0.3, 0.4) is 0 Å². The number of benzene rings is 3. The largest absolute Gasteiger partial charge is 0.489 e. The van der Waals surface area contributed by atoms with Crippen LogP contribution in [0.1, 0.15) is 44.4 Å². The minimum Gasteiger partial charge on any atom is -0.489 e. The van der Waals surface area contributed by atoms with E-state index in [2.05, 4.69) is 12.2 Å². The van der Waals surface area contributed by atoms with Gasteiger partial charge < -0.3 is 15.0 Å². The van der Waals surface area contributed by atoms with E-state index in [1.165, 1.54) is 5.56 Å². The molecule has 31 heavy (non-hydrogen) atoms. The first-order valence-corrected chi connectivity index (χ1v) is 10.8. The van der Waals surface area contributed by atoms with E-state index < -0.39 is 0 Å². The van der Waals surface area contributed by atoms with Gasteiger partial charge in [-0.25, -0.2) is 4.79 Å². The van der Waals surface area contributed by atoms with Crippen molar-refractivity contribution in [2.75, 3.05) is 5.32 Å². The fourth-order valence-electron chi connectivity index (χ4n) is 3.29. The SMILES string of the molecule is CCc1ccc(NC(=O)N(Cc2cccc(OCc3ccccc3)c2)C(C)(C)C)cc1. The molecule has 0 heterocycles. The van der Waals surface area contributed by atoms with Gasteiger partial charge >= 0.3 is 6.03 Å². The van der Waals surface area contributed by atoms with Gasteiger partial charge in [0.1, 0.15) is 12.4 Å². The Morgan fingerprint density at radius 2 is 1.55 bits per heavy atom. The molecule has 0 aliphatic carbocycles. The van der Waals surface area contributed by atoms with Crippen LogP contribution in [0, 0.1) is 0 Å². The number of aryl methyl sites for hydroxylation is 1. The van der Waals surface area contributed by atoms with Crippen LogP contribution in [0.2, 0.25) is 0 Å². The van der Waals surface area contributed by atoms with E-state index in [1.807, 2.05) is 105 Å². The first kappa shape index (κ1) is 22.4. The summed E-state index contributed by atoms with van der Waals surface area (Å²) in [6, 6.07) is 25.9. The maximum atomic E-state index is 13.1. The number of nitrogens with one attached hydrogen (secondary N) is 1. The Morgan fingerprint density at radius 3 is 2.19 bits per heavy atom. The molecule has 0 bridgehead atoms. The van der Waals surface area contributed by atoms with Crippen LogP contribution >= 0.6 is 0 Å². The van der Waals surface area contributed by atoms with E-state index >= 15 is 0 Å². The second-order valence-electron chi connectivity index (χ2n) is 8.66. The summed E-state index contributed by atoms with van der Waals surface area (Å²) in [7, 11) is 0. The van der Waals surface area contributed by atoms with Crippen LogP contribution in [-0.2, 0) is 19.6 Å². The monoisotopic (exact) mass is 416 g/mol. The Labute approximate surface area is 185 Å². The van der Waals surface area contributed by atoms with Gasteiger partial charge in [-0.2, -0.15) is 0 Å². The standard InChI is InChI=1S/C27H32N2O2/c1-5-21-14-16-24(17-15-21)28-26(30)29(27(2,3)4)19-23-12-9-13-25(18-23)31-20-22-10-7-6-8-11-22/h6-18H,5,19-20H2,1-4H3,(H,28,30). The average Bonchev–Trinajstić information content (AvgIpc) is 2.77. The zero-order chi connectivity index (χ0) is 22.3. The maximum Gasteiger partial charge on any atom is 0.322 e.